The Labute approximate surface area is 444 Å². The van der Waals surface area contributed by atoms with Crippen LogP contribution in [0.25, 0.3) is 21.5 Å². The Morgan fingerprint density at radius 3 is 1.41 bits per heavy atom. The standard InChI is InChI=1S/2C16H11N5O9S.Cr.3Na/c17-8-2-1-7-3-14(31(28,29)30)15(16(23)9(7)4-8)19-18-10-5-13(22)12(21(26)27)6-11(10)20(24)25;17-9-3-1-2-7-8(9)4-14(23)15(16(7)31(28,29)30)19-18-10-5-13(22)12(21(26)27)6-11(10)20(24)25;;;;/h2*1-6,22-23H,17H2,(H,28,29,30);;;;/q;;+3;3*+1/p-6. The van der Waals surface area contributed by atoms with Gasteiger partial charge < -0.3 is 41.0 Å². The smallest absolute Gasteiger partial charge is 0.871 e. The molecule has 0 saturated carbocycles. The molecule has 1 radical (unpaired) electrons. The predicted molar refractivity (Wildman–Crippen MR) is 198 cm³/mol. The van der Waals surface area contributed by atoms with Crippen LogP contribution in [0.3, 0.4) is 0 Å². The SMILES string of the molecule is Nc1ccc2cc(S(=O)(=O)[O-])c(N=Nc3cc([O-])c([N+](=O)[O-])cc3[N+](=O)[O-])c([O-])c2c1.Nc1cccc2c(S(=O)(=O)[O-])c(N=Nc3cc([O-])c([N+](=O)[O-])cc3[N+](=O)[O-])c([O-])cc12.[Cr+3].[Na+].[Na+].[Na+]. The summed E-state index contributed by atoms with van der Waals surface area (Å²) in [5, 5.41) is 106. The third-order valence-electron chi connectivity index (χ3n) is 8.10. The number of nitro groups is 4. The van der Waals surface area contributed by atoms with Crippen molar-refractivity contribution in [2.24, 2.45) is 20.5 Å². The molecule has 0 atom stereocenters. The Bertz CT molecular complexity index is 3170. The van der Waals surface area contributed by atoms with Crippen molar-refractivity contribution in [1.29, 1.82) is 0 Å². The fourth-order valence-corrected chi connectivity index (χ4v) is 6.87. The van der Waals surface area contributed by atoms with Gasteiger partial charge in [0.1, 0.15) is 20.2 Å². The summed E-state index contributed by atoms with van der Waals surface area (Å²) in [5.74, 6) is -4.63. The van der Waals surface area contributed by atoms with Crippen LogP contribution in [0.1, 0.15) is 0 Å². The monoisotopic (exact) mass is 1010 g/mol. The first kappa shape index (κ1) is 58.8. The van der Waals surface area contributed by atoms with E-state index in [1.807, 2.05) is 0 Å². The average molecular weight is 1010 g/mol. The number of anilines is 2. The minimum absolute atomic E-state index is 0. The van der Waals surface area contributed by atoms with Gasteiger partial charge in [-0.3, -0.25) is 40.5 Å². The molecule has 0 bridgehead atoms. The molecule has 0 unspecified atom stereocenters. The van der Waals surface area contributed by atoms with Crippen molar-refractivity contribution < 1.29 is 172 Å². The van der Waals surface area contributed by atoms with Gasteiger partial charge in [0.05, 0.1) is 53.0 Å². The first-order chi connectivity index (χ1) is 28.8. The van der Waals surface area contributed by atoms with Crippen LogP contribution in [0.2, 0.25) is 0 Å². The maximum atomic E-state index is 12.7. The number of azo groups is 2. The van der Waals surface area contributed by atoms with Crippen molar-refractivity contribution in [1.82, 2.24) is 0 Å². The molecule has 323 valence electrons. The average Bonchev–Trinajstić information content (AvgIpc) is 3.16. The number of fused-ring (bicyclic) bond motifs is 2. The summed E-state index contributed by atoms with van der Waals surface area (Å²) in [6, 6.07) is 11.0. The second-order valence-corrected chi connectivity index (χ2v) is 14.6. The molecule has 0 saturated heterocycles. The zero-order valence-corrected chi connectivity index (χ0v) is 42.1. The van der Waals surface area contributed by atoms with Crippen LogP contribution in [0.4, 0.5) is 56.9 Å². The quantitative estimate of drug-likeness (QED) is 0.0323. The van der Waals surface area contributed by atoms with Gasteiger partial charge in [0.25, 0.3) is 11.4 Å². The number of benzene rings is 6. The van der Waals surface area contributed by atoms with Crippen LogP contribution in [0.5, 0.6) is 23.0 Å². The van der Waals surface area contributed by atoms with Crippen LogP contribution >= 0.6 is 0 Å². The van der Waals surface area contributed by atoms with E-state index in [0.717, 1.165) is 12.1 Å². The van der Waals surface area contributed by atoms with Crippen molar-refractivity contribution >= 4 is 98.7 Å². The van der Waals surface area contributed by atoms with Crippen molar-refractivity contribution in [3.05, 3.63) is 113 Å². The molecule has 28 nitrogen and oxygen atoms in total. The molecular formula is C32H16CrN10Na3O18S2. The molecule has 6 rings (SSSR count). The van der Waals surface area contributed by atoms with E-state index in [1.54, 1.807) is 0 Å². The van der Waals surface area contributed by atoms with E-state index in [4.69, 9.17) is 11.5 Å². The van der Waals surface area contributed by atoms with Crippen LogP contribution in [-0.2, 0) is 37.6 Å². The van der Waals surface area contributed by atoms with Crippen molar-refractivity contribution in [3.63, 3.8) is 0 Å². The number of nitro benzene ring substituents is 4. The van der Waals surface area contributed by atoms with Gasteiger partial charge in [-0.25, -0.2) is 16.8 Å². The second-order valence-electron chi connectivity index (χ2n) is 12.0. The van der Waals surface area contributed by atoms with Gasteiger partial charge in [0, 0.05) is 22.1 Å². The molecule has 0 aliphatic rings. The predicted octanol–water partition coefficient (Wildman–Crippen LogP) is -5.58. The second kappa shape index (κ2) is 23.0. The van der Waals surface area contributed by atoms with Crippen LogP contribution < -0.4 is 121 Å². The summed E-state index contributed by atoms with van der Waals surface area (Å²) >= 11 is 0. The van der Waals surface area contributed by atoms with E-state index in [2.05, 4.69) is 20.5 Å². The molecule has 0 amide bonds. The Hall–Kier alpha value is -5.21. The third-order valence-corrected chi connectivity index (χ3v) is 9.86. The molecule has 0 spiro atoms. The van der Waals surface area contributed by atoms with E-state index in [9.17, 15) is 86.8 Å². The Balaban J connectivity index is 0.000000622. The molecule has 34 heteroatoms. The van der Waals surface area contributed by atoms with Gasteiger partial charge >= 0.3 is 117 Å². The summed E-state index contributed by atoms with van der Waals surface area (Å²) in [5.41, 5.74) is 3.75. The molecule has 4 N–H and O–H groups in total. The minimum atomic E-state index is -5.30. The topological polar surface area (TPSA) is 481 Å². The number of hydrogen-bond acceptors (Lipinski definition) is 24. The van der Waals surface area contributed by atoms with Gasteiger partial charge in [-0.1, -0.05) is 35.8 Å². The minimum Gasteiger partial charge on any atom is -0.871 e. The Morgan fingerprint density at radius 2 is 0.970 bits per heavy atom. The number of nitrogen functional groups attached to an aromatic ring is 2. The van der Waals surface area contributed by atoms with Crippen molar-refractivity contribution in [2.45, 2.75) is 9.79 Å². The van der Waals surface area contributed by atoms with Crippen molar-refractivity contribution in [2.75, 3.05) is 11.5 Å². The van der Waals surface area contributed by atoms with Gasteiger partial charge in [0.15, 0.2) is 11.4 Å². The van der Waals surface area contributed by atoms with E-state index in [-0.39, 0.29) is 139 Å². The molecule has 0 fully saturated rings. The number of nitrogens with zero attached hydrogens (tertiary/aromatic N) is 8. The molecule has 0 aliphatic heterocycles. The van der Waals surface area contributed by atoms with Gasteiger partial charge in [-0.15, -0.1) is 20.5 Å². The molecule has 0 aliphatic carbocycles. The van der Waals surface area contributed by atoms with Crippen LogP contribution in [0.15, 0.2) is 103 Å². The number of hydrogen-bond donors (Lipinski definition) is 2. The summed E-state index contributed by atoms with van der Waals surface area (Å²) in [7, 11) is -10.5. The zero-order valence-electron chi connectivity index (χ0n) is 33.2. The van der Waals surface area contributed by atoms with Gasteiger partial charge in [-0.2, -0.15) is 0 Å². The summed E-state index contributed by atoms with van der Waals surface area (Å²) < 4.78 is 70.3. The maximum Gasteiger partial charge on any atom is 3.00 e. The first-order valence-electron chi connectivity index (χ1n) is 15.9. The fourth-order valence-electron chi connectivity index (χ4n) is 5.40. The van der Waals surface area contributed by atoms with Crippen LogP contribution in [0, 0.1) is 40.5 Å². The van der Waals surface area contributed by atoms with Gasteiger partial charge in [-0.05, 0) is 58.7 Å². The number of nitrogens with two attached hydrogens (primary N) is 2. The van der Waals surface area contributed by atoms with E-state index in [1.165, 1.54) is 36.4 Å². The summed E-state index contributed by atoms with van der Waals surface area (Å²) in [6.45, 7) is 0. The first-order valence-corrected chi connectivity index (χ1v) is 18.7. The Morgan fingerprint density at radius 1 is 0.500 bits per heavy atom. The number of rotatable bonds is 10. The molecular weight excluding hydrogens is 998 g/mol. The largest absolute Gasteiger partial charge is 3.00 e. The molecule has 0 heterocycles. The third kappa shape index (κ3) is 12.8. The molecule has 66 heavy (non-hydrogen) atoms. The van der Waals surface area contributed by atoms with E-state index in [0.29, 0.717) is 24.3 Å². The Kier molecular flexibility index (Phi) is 20.5. The van der Waals surface area contributed by atoms with Gasteiger partial charge in [0.2, 0.25) is 0 Å². The van der Waals surface area contributed by atoms with Crippen molar-refractivity contribution in [3.8, 4) is 23.0 Å². The fraction of sp³-hybridized carbons (Fsp3) is 0. The maximum absolute atomic E-state index is 12.7. The summed E-state index contributed by atoms with van der Waals surface area (Å²) in [4.78, 5) is 37.4. The van der Waals surface area contributed by atoms with E-state index >= 15 is 0 Å². The van der Waals surface area contributed by atoms with E-state index < -0.39 is 118 Å². The van der Waals surface area contributed by atoms with Crippen LogP contribution in [-0.4, -0.2) is 45.6 Å². The summed E-state index contributed by atoms with van der Waals surface area (Å²) in [6.07, 6.45) is 0. The normalized spacial score (nSPS) is 11.1. The molecule has 6 aromatic carbocycles. The molecule has 0 aromatic heterocycles. The molecule has 6 aromatic rings. The zero-order chi connectivity index (χ0) is 46.2.